The smallest absolute Gasteiger partial charge is 0.277 e. The molecule has 0 bridgehead atoms. The number of rotatable bonds is 5. The number of nitrogens with one attached hydrogen (secondary N) is 2. The summed E-state index contributed by atoms with van der Waals surface area (Å²) in [5.41, 5.74) is 0.719. The van der Waals surface area contributed by atoms with Crippen LogP contribution in [0.3, 0.4) is 0 Å². The highest BCUT2D eigenvalue weighted by molar-refractivity contribution is 6.06. The standard InChI is InChI=1S/C17H18N6O2/c1-3-23-10-9-14(21-23)18-17(25)13-11-15(22(2)20-13)19-16(24)12-7-5-4-6-8-12/h4-11H,3H2,1-2H3,(H,19,24)(H,18,21,25). The third-order valence-electron chi connectivity index (χ3n) is 3.60. The minimum atomic E-state index is -0.392. The fraction of sp³-hybridized carbons (Fsp3) is 0.176. The van der Waals surface area contributed by atoms with Crippen LogP contribution in [0, 0.1) is 0 Å². The summed E-state index contributed by atoms with van der Waals surface area (Å²) in [5.74, 6) is 0.222. The highest BCUT2D eigenvalue weighted by atomic mass is 16.2. The monoisotopic (exact) mass is 338 g/mol. The molecule has 3 rings (SSSR count). The number of nitrogens with zero attached hydrogens (tertiary/aromatic N) is 4. The first-order valence-corrected chi connectivity index (χ1v) is 7.82. The van der Waals surface area contributed by atoms with Gasteiger partial charge in [0.05, 0.1) is 0 Å². The van der Waals surface area contributed by atoms with Crippen molar-refractivity contribution in [3.63, 3.8) is 0 Å². The van der Waals surface area contributed by atoms with Crippen molar-refractivity contribution in [3.8, 4) is 0 Å². The molecule has 25 heavy (non-hydrogen) atoms. The van der Waals surface area contributed by atoms with Gasteiger partial charge in [0.2, 0.25) is 0 Å². The number of benzene rings is 1. The minimum Gasteiger partial charge on any atom is -0.307 e. The zero-order valence-electron chi connectivity index (χ0n) is 13.9. The van der Waals surface area contributed by atoms with Crippen LogP contribution in [0.15, 0.2) is 48.7 Å². The summed E-state index contributed by atoms with van der Waals surface area (Å²) in [7, 11) is 1.66. The maximum Gasteiger partial charge on any atom is 0.277 e. The summed E-state index contributed by atoms with van der Waals surface area (Å²) in [4.78, 5) is 24.5. The van der Waals surface area contributed by atoms with E-state index in [2.05, 4.69) is 20.8 Å². The second-order valence-corrected chi connectivity index (χ2v) is 5.37. The van der Waals surface area contributed by atoms with Gasteiger partial charge in [-0.3, -0.25) is 19.0 Å². The van der Waals surface area contributed by atoms with Gasteiger partial charge in [-0.25, -0.2) is 0 Å². The first-order chi connectivity index (χ1) is 12.1. The Bertz CT molecular complexity index is 897. The maximum absolute atomic E-state index is 12.3. The topological polar surface area (TPSA) is 93.8 Å². The van der Waals surface area contributed by atoms with E-state index in [0.717, 1.165) is 6.54 Å². The Labute approximate surface area is 144 Å². The van der Waals surface area contributed by atoms with Gasteiger partial charge in [0.1, 0.15) is 5.82 Å². The summed E-state index contributed by atoms with van der Waals surface area (Å²) in [6, 6.07) is 12.1. The SMILES string of the molecule is CCn1ccc(NC(=O)c2cc(NC(=O)c3ccccc3)n(C)n2)n1. The van der Waals surface area contributed by atoms with Crippen LogP contribution in [-0.2, 0) is 13.6 Å². The van der Waals surface area contributed by atoms with Crippen LogP contribution >= 0.6 is 0 Å². The maximum atomic E-state index is 12.3. The Morgan fingerprint density at radius 2 is 1.80 bits per heavy atom. The van der Waals surface area contributed by atoms with Crippen molar-refractivity contribution in [1.29, 1.82) is 0 Å². The number of amides is 2. The van der Waals surface area contributed by atoms with Crippen LogP contribution in [0.2, 0.25) is 0 Å². The molecule has 0 radical (unpaired) electrons. The number of carbonyl (C=O) groups excluding carboxylic acids is 2. The third kappa shape index (κ3) is 3.74. The molecule has 0 aliphatic rings. The van der Waals surface area contributed by atoms with Crippen molar-refractivity contribution in [2.45, 2.75) is 13.5 Å². The summed E-state index contributed by atoms with van der Waals surface area (Å²) in [5, 5.41) is 13.7. The summed E-state index contributed by atoms with van der Waals surface area (Å²) < 4.78 is 3.15. The number of hydrogen-bond acceptors (Lipinski definition) is 4. The van der Waals surface area contributed by atoms with E-state index in [-0.39, 0.29) is 11.6 Å². The Hall–Kier alpha value is -3.42. The Morgan fingerprint density at radius 3 is 2.48 bits per heavy atom. The third-order valence-corrected chi connectivity index (χ3v) is 3.60. The van der Waals surface area contributed by atoms with Crippen LogP contribution < -0.4 is 10.6 Å². The lowest BCUT2D eigenvalue weighted by Crippen LogP contribution is -2.14. The van der Waals surface area contributed by atoms with Gasteiger partial charge in [-0.2, -0.15) is 10.2 Å². The molecule has 0 spiro atoms. The van der Waals surface area contributed by atoms with Crippen LogP contribution in [0.1, 0.15) is 27.8 Å². The molecule has 8 heteroatoms. The molecular formula is C17H18N6O2. The number of aryl methyl sites for hydroxylation is 2. The van der Waals surface area contributed by atoms with Crippen molar-refractivity contribution >= 4 is 23.5 Å². The van der Waals surface area contributed by atoms with E-state index in [0.29, 0.717) is 17.2 Å². The predicted molar refractivity (Wildman–Crippen MR) is 93.5 cm³/mol. The number of carbonyl (C=O) groups is 2. The molecular weight excluding hydrogens is 320 g/mol. The van der Waals surface area contributed by atoms with Crippen molar-refractivity contribution in [2.75, 3.05) is 10.6 Å². The summed E-state index contributed by atoms with van der Waals surface area (Å²) in [6.45, 7) is 2.67. The normalized spacial score (nSPS) is 10.5. The molecule has 0 atom stereocenters. The van der Waals surface area contributed by atoms with Crippen molar-refractivity contribution in [3.05, 3.63) is 59.9 Å². The van der Waals surface area contributed by atoms with Gasteiger partial charge in [0, 0.05) is 37.5 Å². The predicted octanol–water partition coefficient (Wildman–Crippen LogP) is 2.14. The molecule has 1 aromatic carbocycles. The molecule has 0 aliphatic heterocycles. The van der Waals surface area contributed by atoms with Gasteiger partial charge >= 0.3 is 0 Å². The Kier molecular flexibility index (Phi) is 4.60. The highest BCUT2D eigenvalue weighted by Crippen LogP contribution is 2.13. The van der Waals surface area contributed by atoms with E-state index in [1.165, 1.54) is 10.7 Å². The molecule has 2 amide bonds. The van der Waals surface area contributed by atoms with Crippen LogP contribution in [0.5, 0.6) is 0 Å². The molecule has 2 N–H and O–H groups in total. The largest absolute Gasteiger partial charge is 0.307 e. The lowest BCUT2D eigenvalue weighted by molar-refractivity contribution is 0.101. The van der Waals surface area contributed by atoms with Gasteiger partial charge in [0.25, 0.3) is 11.8 Å². The fourth-order valence-corrected chi connectivity index (χ4v) is 2.26. The minimum absolute atomic E-state index is 0.192. The van der Waals surface area contributed by atoms with E-state index >= 15 is 0 Å². The van der Waals surface area contributed by atoms with Crippen LogP contribution in [0.25, 0.3) is 0 Å². The van der Waals surface area contributed by atoms with E-state index in [1.807, 2.05) is 13.0 Å². The number of anilines is 2. The number of aromatic nitrogens is 4. The molecule has 0 unspecified atom stereocenters. The average Bonchev–Trinajstić information content (AvgIpc) is 3.22. The van der Waals surface area contributed by atoms with Gasteiger partial charge < -0.3 is 10.6 Å². The van der Waals surface area contributed by atoms with E-state index in [1.54, 1.807) is 48.3 Å². The van der Waals surface area contributed by atoms with E-state index in [4.69, 9.17) is 0 Å². The molecule has 0 aliphatic carbocycles. The van der Waals surface area contributed by atoms with Crippen molar-refractivity contribution in [1.82, 2.24) is 19.6 Å². The Balaban J connectivity index is 1.71. The van der Waals surface area contributed by atoms with E-state index in [9.17, 15) is 9.59 Å². The molecule has 0 fully saturated rings. The summed E-state index contributed by atoms with van der Waals surface area (Å²) >= 11 is 0. The molecule has 3 aromatic rings. The molecule has 128 valence electrons. The fourth-order valence-electron chi connectivity index (χ4n) is 2.26. The van der Waals surface area contributed by atoms with Crippen LogP contribution in [0.4, 0.5) is 11.6 Å². The molecule has 0 saturated carbocycles. The van der Waals surface area contributed by atoms with E-state index < -0.39 is 5.91 Å². The second kappa shape index (κ2) is 7.00. The van der Waals surface area contributed by atoms with Crippen molar-refractivity contribution < 1.29 is 9.59 Å². The lowest BCUT2D eigenvalue weighted by atomic mass is 10.2. The molecule has 0 saturated heterocycles. The molecule has 2 aromatic heterocycles. The van der Waals surface area contributed by atoms with Gasteiger partial charge in [-0.1, -0.05) is 18.2 Å². The first-order valence-electron chi connectivity index (χ1n) is 7.82. The van der Waals surface area contributed by atoms with Gasteiger partial charge in [-0.15, -0.1) is 0 Å². The van der Waals surface area contributed by atoms with Crippen molar-refractivity contribution in [2.24, 2.45) is 7.05 Å². The average molecular weight is 338 g/mol. The van der Waals surface area contributed by atoms with Gasteiger partial charge in [-0.05, 0) is 19.1 Å². The van der Waals surface area contributed by atoms with Crippen LogP contribution in [-0.4, -0.2) is 31.4 Å². The molecule has 8 nitrogen and oxygen atoms in total. The first kappa shape index (κ1) is 16.4. The Morgan fingerprint density at radius 1 is 1.04 bits per heavy atom. The number of hydrogen-bond donors (Lipinski definition) is 2. The molecule has 2 heterocycles. The zero-order valence-corrected chi connectivity index (χ0v) is 13.9. The summed E-state index contributed by atoms with van der Waals surface area (Å²) in [6.07, 6.45) is 1.78. The van der Waals surface area contributed by atoms with Gasteiger partial charge in [0.15, 0.2) is 11.5 Å². The lowest BCUT2D eigenvalue weighted by Gasteiger charge is -2.04. The second-order valence-electron chi connectivity index (χ2n) is 5.37. The highest BCUT2D eigenvalue weighted by Gasteiger charge is 2.16. The zero-order chi connectivity index (χ0) is 17.8. The quantitative estimate of drug-likeness (QED) is 0.745.